The molecule has 0 radical (unpaired) electrons. The lowest BCUT2D eigenvalue weighted by molar-refractivity contribution is -0.141. The first-order valence-corrected chi connectivity index (χ1v) is 17.4. The number of aryl methyl sites for hydroxylation is 1. The monoisotopic (exact) mass is 716 g/mol. The number of hydrogen-bond donors (Lipinski definition) is 4. The van der Waals surface area contributed by atoms with Crippen molar-refractivity contribution in [1.29, 1.82) is 0 Å². The number of nitrogens with zero attached hydrogens (tertiary/aromatic N) is 5. The second-order valence-corrected chi connectivity index (χ2v) is 12.8. The van der Waals surface area contributed by atoms with Gasteiger partial charge < -0.3 is 30.9 Å². The number of halogens is 1. The maximum Gasteiger partial charge on any atom is 0.329 e. The van der Waals surface area contributed by atoms with Crippen LogP contribution in [0.4, 0.5) is 33.2 Å². The molecule has 0 spiro atoms. The second kappa shape index (κ2) is 17.1. The third-order valence-electron chi connectivity index (χ3n) is 9.14. The molecule has 51 heavy (non-hydrogen) atoms. The molecule has 4 rings (SSSR count). The van der Waals surface area contributed by atoms with Gasteiger partial charge in [0.2, 0.25) is 5.91 Å². The van der Waals surface area contributed by atoms with Crippen molar-refractivity contribution in [3.8, 4) is 0 Å². The van der Waals surface area contributed by atoms with Crippen LogP contribution in [0.2, 0.25) is 5.02 Å². The van der Waals surface area contributed by atoms with Gasteiger partial charge in [0.05, 0.1) is 35.1 Å². The lowest BCUT2D eigenvalue weighted by Crippen LogP contribution is -2.48. The molecule has 0 aliphatic carbocycles. The lowest BCUT2D eigenvalue weighted by Gasteiger charge is -2.38. The molecule has 2 saturated heterocycles. The van der Waals surface area contributed by atoms with E-state index in [4.69, 9.17) is 21.7 Å². The second-order valence-electron chi connectivity index (χ2n) is 12.4. The summed E-state index contributed by atoms with van der Waals surface area (Å²) in [6.07, 6.45) is 4.60. The van der Waals surface area contributed by atoms with E-state index in [0.717, 1.165) is 45.9 Å². The van der Waals surface area contributed by atoms with E-state index in [1.165, 1.54) is 4.90 Å². The van der Waals surface area contributed by atoms with Crippen LogP contribution in [0.3, 0.4) is 0 Å². The number of aliphatic imine (C=N–C) groups is 1. The molecule has 2 fully saturated rings. The van der Waals surface area contributed by atoms with Crippen molar-refractivity contribution in [2.75, 3.05) is 72.6 Å². The number of urea groups is 1. The Morgan fingerprint density at radius 3 is 2.35 bits per heavy atom. The van der Waals surface area contributed by atoms with Gasteiger partial charge in [-0.25, -0.2) is 9.79 Å². The zero-order valence-corrected chi connectivity index (χ0v) is 31.0. The molecule has 0 atom stereocenters. The fraction of sp³-hybridized carbons (Fsp3) is 0.368. The number of carboxylic acid groups (broad SMARTS) is 1. The molecular formula is C38H49ClN8O4. The summed E-state index contributed by atoms with van der Waals surface area (Å²) in [4.78, 5) is 48.8. The van der Waals surface area contributed by atoms with Gasteiger partial charge in [0.15, 0.2) is 0 Å². The van der Waals surface area contributed by atoms with Crippen molar-refractivity contribution >= 4 is 63.8 Å². The number of allylic oxidation sites excluding steroid dienone is 1. The van der Waals surface area contributed by atoms with Crippen LogP contribution in [0.1, 0.15) is 44.7 Å². The number of aliphatic carboxylic acids is 1. The minimum absolute atomic E-state index is 0.00465. The molecule has 272 valence electrons. The molecule has 12 nitrogen and oxygen atoms in total. The summed E-state index contributed by atoms with van der Waals surface area (Å²) in [5, 5.41) is 19.5. The Bertz CT molecular complexity index is 1780. The number of rotatable bonds is 13. The molecule has 2 aliphatic heterocycles. The minimum Gasteiger partial charge on any atom is -0.481 e. The van der Waals surface area contributed by atoms with Gasteiger partial charge in [-0.1, -0.05) is 45.2 Å². The van der Waals surface area contributed by atoms with Gasteiger partial charge in [-0.05, 0) is 55.7 Å². The smallest absolute Gasteiger partial charge is 0.329 e. The molecule has 0 bridgehead atoms. The van der Waals surface area contributed by atoms with E-state index in [1.54, 1.807) is 29.1 Å². The molecule has 2 aliphatic rings. The van der Waals surface area contributed by atoms with E-state index in [1.807, 2.05) is 52.1 Å². The third-order valence-corrected chi connectivity index (χ3v) is 9.56. The van der Waals surface area contributed by atoms with Crippen LogP contribution in [0.15, 0.2) is 78.2 Å². The first kappa shape index (κ1) is 38.6. The number of amides is 3. The van der Waals surface area contributed by atoms with Crippen LogP contribution < -0.4 is 25.8 Å². The Kier molecular flexibility index (Phi) is 13.0. The van der Waals surface area contributed by atoms with Gasteiger partial charge >= 0.3 is 12.0 Å². The van der Waals surface area contributed by atoms with Crippen LogP contribution in [-0.4, -0.2) is 85.5 Å². The van der Waals surface area contributed by atoms with Crippen molar-refractivity contribution in [3.63, 3.8) is 0 Å². The molecule has 3 amide bonds. The van der Waals surface area contributed by atoms with E-state index >= 15 is 0 Å². The zero-order chi connectivity index (χ0) is 37.4. The highest BCUT2D eigenvalue weighted by atomic mass is 35.5. The summed E-state index contributed by atoms with van der Waals surface area (Å²) < 4.78 is 0. The predicted octanol–water partition coefficient (Wildman–Crippen LogP) is 6.93. The van der Waals surface area contributed by atoms with E-state index < -0.39 is 5.97 Å². The number of anilines is 5. The highest BCUT2D eigenvalue weighted by Gasteiger charge is 2.34. The van der Waals surface area contributed by atoms with E-state index in [2.05, 4.69) is 40.6 Å². The number of carbonyl (C=O) groups excluding carboxylic acids is 2. The quantitative estimate of drug-likeness (QED) is 0.0997. The van der Waals surface area contributed by atoms with Gasteiger partial charge in [0.25, 0.3) is 0 Å². The molecule has 0 saturated carbocycles. The summed E-state index contributed by atoms with van der Waals surface area (Å²) in [6.45, 7) is 20.5. The average Bonchev–Trinajstić information content (AvgIpc) is 3.13. The predicted molar refractivity (Wildman–Crippen MR) is 209 cm³/mol. The summed E-state index contributed by atoms with van der Waals surface area (Å²) in [5.41, 5.74) is 7.97. The van der Waals surface area contributed by atoms with Crippen LogP contribution in [0.25, 0.3) is 0 Å². The van der Waals surface area contributed by atoms with Crippen molar-refractivity contribution in [2.45, 2.75) is 46.5 Å². The third kappa shape index (κ3) is 8.93. The van der Waals surface area contributed by atoms with Gasteiger partial charge in [0.1, 0.15) is 5.84 Å². The van der Waals surface area contributed by atoms with Gasteiger partial charge in [-0.15, -0.1) is 0 Å². The number of carbonyl (C=O) groups is 3. The van der Waals surface area contributed by atoms with Crippen molar-refractivity contribution in [3.05, 3.63) is 89.4 Å². The SMILES string of the molecule is C=CC(=C)Nc1cc(N2CCN(C(=O)CCC(=O)O)CC2)ccc1NC(C)=N/C=C1/CN(c2c(Cl)c(CC)cc(NC)c2CC)C(=O)N(C)C1=C. The number of likely N-dealkylation sites (N-methyl/N-ethyl adjacent to an activating group) is 1. The topological polar surface area (TPSA) is 133 Å². The first-order chi connectivity index (χ1) is 24.3. The molecule has 2 aromatic carbocycles. The number of amidine groups is 1. The molecule has 0 unspecified atom stereocenters. The Morgan fingerprint density at radius 2 is 1.75 bits per heavy atom. The summed E-state index contributed by atoms with van der Waals surface area (Å²) in [6, 6.07) is 7.79. The van der Waals surface area contributed by atoms with Crippen molar-refractivity contribution in [2.24, 2.45) is 4.99 Å². The Balaban J connectivity index is 1.57. The largest absolute Gasteiger partial charge is 0.481 e. The zero-order valence-electron chi connectivity index (χ0n) is 30.2. The Labute approximate surface area is 305 Å². The van der Waals surface area contributed by atoms with Crippen LogP contribution in [0.5, 0.6) is 0 Å². The summed E-state index contributed by atoms with van der Waals surface area (Å²) in [7, 11) is 3.57. The maximum absolute atomic E-state index is 13.6. The molecule has 13 heteroatoms. The van der Waals surface area contributed by atoms with Gasteiger partial charge in [-0.3, -0.25) is 19.4 Å². The molecule has 2 aromatic rings. The minimum atomic E-state index is -0.975. The fourth-order valence-electron chi connectivity index (χ4n) is 6.14. The molecule has 0 aromatic heterocycles. The average molecular weight is 717 g/mol. The normalized spacial score (nSPS) is 16.0. The lowest BCUT2D eigenvalue weighted by atomic mass is 10.00. The molecular weight excluding hydrogens is 668 g/mol. The standard InChI is InChI=1S/C38H49ClN8O4/c1-9-24(4)42-33-21-29(45-16-18-46(19-17-45)34(48)14-15-35(49)50)12-13-31(33)43-26(6)41-22-28-23-47(38(51)44(8)25(28)5)37-30(11-3)32(40-7)20-27(10-2)36(37)39/h9,12-13,20-22,40,42H,1,4-5,10-11,14-19,23H2,2-3,6-8H3,(H,41,43)(H,49,50)/b28-22-. The number of piperazine rings is 1. The highest BCUT2D eigenvalue weighted by molar-refractivity contribution is 6.35. The van der Waals surface area contributed by atoms with Crippen molar-refractivity contribution in [1.82, 2.24) is 9.80 Å². The summed E-state index contributed by atoms with van der Waals surface area (Å²) in [5.74, 6) is -0.513. The molecule has 4 N–H and O–H groups in total. The molecule has 2 heterocycles. The van der Waals surface area contributed by atoms with E-state index in [9.17, 15) is 14.4 Å². The maximum atomic E-state index is 13.6. The Hall–Kier alpha value is -5.23. The number of nitrogens with one attached hydrogen (secondary N) is 3. The number of benzene rings is 2. The first-order valence-electron chi connectivity index (χ1n) is 17.1. The Morgan fingerprint density at radius 1 is 1.04 bits per heavy atom. The summed E-state index contributed by atoms with van der Waals surface area (Å²) >= 11 is 6.96. The van der Waals surface area contributed by atoms with E-state index in [-0.39, 0.29) is 31.3 Å². The van der Waals surface area contributed by atoms with E-state index in [0.29, 0.717) is 60.5 Å². The van der Waals surface area contributed by atoms with Gasteiger partial charge in [0, 0.05) is 86.8 Å². The number of hydrogen-bond acceptors (Lipinski definition) is 7. The highest BCUT2D eigenvalue weighted by Crippen LogP contribution is 2.41. The fourth-order valence-corrected chi connectivity index (χ4v) is 6.55. The van der Waals surface area contributed by atoms with Crippen LogP contribution in [0, 0.1) is 0 Å². The van der Waals surface area contributed by atoms with Crippen LogP contribution in [-0.2, 0) is 22.4 Å². The van der Waals surface area contributed by atoms with Crippen LogP contribution >= 0.6 is 11.6 Å². The number of carboxylic acids is 1. The van der Waals surface area contributed by atoms with Crippen molar-refractivity contribution < 1.29 is 19.5 Å². The van der Waals surface area contributed by atoms with Gasteiger partial charge in [-0.2, -0.15) is 0 Å².